The lowest BCUT2D eigenvalue weighted by Gasteiger charge is -2.27. The van der Waals surface area contributed by atoms with Gasteiger partial charge in [-0.1, -0.05) is 12.1 Å². The Morgan fingerprint density at radius 1 is 1.32 bits per heavy atom. The van der Waals surface area contributed by atoms with Gasteiger partial charge in [-0.25, -0.2) is 9.97 Å². The summed E-state index contributed by atoms with van der Waals surface area (Å²) in [5, 5.41) is 11.0. The Bertz CT molecular complexity index is 871. The summed E-state index contributed by atoms with van der Waals surface area (Å²) in [7, 11) is 0. The first-order chi connectivity index (χ1) is 10.8. The number of rotatable bonds is 2. The number of benzene rings is 1. The van der Waals surface area contributed by atoms with Crippen molar-refractivity contribution >= 4 is 28.4 Å². The van der Waals surface area contributed by atoms with E-state index < -0.39 is 0 Å². The zero-order chi connectivity index (χ0) is 15.1. The van der Waals surface area contributed by atoms with E-state index in [0.29, 0.717) is 18.2 Å². The van der Waals surface area contributed by atoms with Gasteiger partial charge in [-0.3, -0.25) is 14.8 Å². The molecule has 0 aliphatic carbocycles. The van der Waals surface area contributed by atoms with E-state index >= 15 is 0 Å². The Balaban J connectivity index is 1.82. The van der Waals surface area contributed by atoms with E-state index in [0.717, 1.165) is 22.2 Å². The predicted molar refractivity (Wildman–Crippen MR) is 83.6 cm³/mol. The number of carbonyl (C=O) groups excluding carboxylic acids is 1. The third kappa shape index (κ3) is 1.90. The van der Waals surface area contributed by atoms with Crippen LogP contribution in [0.3, 0.4) is 0 Å². The molecule has 2 aromatic heterocycles. The quantitative estimate of drug-likeness (QED) is 0.752. The average Bonchev–Trinajstić information content (AvgIpc) is 3.01. The van der Waals surface area contributed by atoms with Crippen molar-refractivity contribution in [3.63, 3.8) is 0 Å². The summed E-state index contributed by atoms with van der Waals surface area (Å²) in [5.41, 5.74) is 2.60. The van der Waals surface area contributed by atoms with Crippen LogP contribution in [0.1, 0.15) is 6.92 Å². The first kappa shape index (κ1) is 12.8. The van der Waals surface area contributed by atoms with Gasteiger partial charge >= 0.3 is 0 Å². The highest BCUT2D eigenvalue weighted by Crippen LogP contribution is 2.29. The van der Waals surface area contributed by atoms with Crippen molar-refractivity contribution in [2.75, 3.05) is 23.3 Å². The number of H-pyrrole nitrogens is 1. The van der Waals surface area contributed by atoms with E-state index in [9.17, 15) is 4.79 Å². The van der Waals surface area contributed by atoms with E-state index in [4.69, 9.17) is 0 Å². The average molecular weight is 294 g/mol. The predicted octanol–water partition coefficient (Wildman–Crippen LogP) is 1.80. The maximum absolute atomic E-state index is 12.0. The molecule has 2 N–H and O–H groups in total. The molecular formula is C15H14N6O. The Hall–Kier alpha value is -2.96. The number of nitrogens with zero attached hydrogens (tertiary/aromatic N) is 4. The molecule has 4 rings (SSSR count). The van der Waals surface area contributed by atoms with Crippen molar-refractivity contribution in [1.29, 1.82) is 0 Å². The molecule has 0 atom stereocenters. The van der Waals surface area contributed by atoms with E-state index in [1.54, 1.807) is 17.3 Å². The minimum absolute atomic E-state index is 0.00506. The van der Waals surface area contributed by atoms with Gasteiger partial charge in [0.25, 0.3) is 0 Å². The second-order valence-electron chi connectivity index (χ2n) is 5.09. The summed E-state index contributed by atoms with van der Waals surface area (Å²) in [6, 6.07) is 5.94. The van der Waals surface area contributed by atoms with Crippen molar-refractivity contribution < 1.29 is 4.79 Å². The number of anilines is 2. The van der Waals surface area contributed by atoms with E-state index in [1.165, 1.54) is 0 Å². The lowest BCUT2D eigenvalue weighted by atomic mass is 10.1. The van der Waals surface area contributed by atoms with Crippen molar-refractivity contribution in [1.82, 2.24) is 20.2 Å². The number of carbonyl (C=O) groups is 1. The molecule has 110 valence electrons. The van der Waals surface area contributed by atoms with E-state index in [2.05, 4.69) is 25.5 Å². The second-order valence-corrected chi connectivity index (χ2v) is 5.09. The number of nitrogens with one attached hydrogen (secondary N) is 2. The van der Waals surface area contributed by atoms with Gasteiger partial charge in [0.15, 0.2) is 11.6 Å². The fraction of sp³-hybridized carbons (Fsp3) is 0.200. The molecule has 0 saturated heterocycles. The summed E-state index contributed by atoms with van der Waals surface area (Å²) < 4.78 is 0. The molecule has 7 heteroatoms. The molecule has 0 unspecified atom stereocenters. The van der Waals surface area contributed by atoms with Gasteiger partial charge in [-0.15, -0.1) is 0 Å². The minimum Gasteiger partial charge on any atom is -0.358 e. The van der Waals surface area contributed by atoms with Crippen molar-refractivity contribution in [2.24, 2.45) is 0 Å². The van der Waals surface area contributed by atoms with E-state index in [-0.39, 0.29) is 12.5 Å². The first-order valence-corrected chi connectivity index (χ1v) is 7.11. The number of aromatic amines is 1. The molecule has 1 amide bonds. The maximum atomic E-state index is 12.0. The normalized spacial score (nSPS) is 14.0. The fourth-order valence-corrected chi connectivity index (χ4v) is 2.63. The van der Waals surface area contributed by atoms with Crippen LogP contribution in [0.25, 0.3) is 22.2 Å². The summed E-state index contributed by atoms with van der Waals surface area (Å²) in [6.07, 6.45) is 3.49. The lowest BCUT2D eigenvalue weighted by molar-refractivity contribution is -0.117. The van der Waals surface area contributed by atoms with Gasteiger partial charge < -0.3 is 5.32 Å². The standard InChI is InChI=1S/C15H14N6O/c1-2-21-13(22)8-17-14-15(21)19-12(7-16-14)9-3-4-10-6-18-20-11(10)5-9/h3-7H,2,8H2,1H3,(H,16,17)(H,18,20). The van der Waals surface area contributed by atoms with Crippen LogP contribution in [0.15, 0.2) is 30.6 Å². The highest BCUT2D eigenvalue weighted by molar-refractivity contribution is 6.00. The Morgan fingerprint density at radius 2 is 2.23 bits per heavy atom. The van der Waals surface area contributed by atoms with Crippen LogP contribution in [0, 0.1) is 0 Å². The van der Waals surface area contributed by atoms with E-state index in [1.807, 2.05) is 25.1 Å². The maximum Gasteiger partial charge on any atom is 0.247 e. The fourth-order valence-electron chi connectivity index (χ4n) is 2.63. The number of fused-ring (bicyclic) bond motifs is 2. The smallest absolute Gasteiger partial charge is 0.247 e. The van der Waals surface area contributed by atoms with Gasteiger partial charge in [0.1, 0.15) is 0 Å². The lowest BCUT2D eigenvalue weighted by Crippen LogP contribution is -2.40. The van der Waals surface area contributed by atoms with Gasteiger partial charge in [0.05, 0.1) is 30.1 Å². The van der Waals surface area contributed by atoms with Crippen LogP contribution in [-0.4, -0.2) is 39.2 Å². The first-order valence-electron chi connectivity index (χ1n) is 7.11. The molecule has 1 aliphatic heterocycles. The summed E-state index contributed by atoms with van der Waals surface area (Å²) in [5.74, 6) is 1.24. The van der Waals surface area contributed by atoms with Crippen LogP contribution in [0.2, 0.25) is 0 Å². The Kier molecular flexibility index (Phi) is 2.78. The van der Waals surface area contributed by atoms with Crippen molar-refractivity contribution in [3.05, 3.63) is 30.6 Å². The highest BCUT2D eigenvalue weighted by atomic mass is 16.2. The number of amides is 1. The van der Waals surface area contributed by atoms with Crippen LogP contribution in [-0.2, 0) is 4.79 Å². The van der Waals surface area contributed by atoms with Gasteiger partial charge in [0, 0.05) is 17.5 Å². The van der Waals surface area contributed by atoms with Crippen molar-refractivity contribution in [2.45, 2.75) is 6.92 Å². The molecule has 3 aromatic rings. The molecule has 22 heavy (non-hydrogen) atoms. The molecule has 0 bridgehead atoms. The van der Waals surface area contributed by atoms with Gasteiger partial charge in [-0.2, -0.15) is 5.10 Å². The number of hydrogen-bond acceptors (Lipinski definition) is 5. The zero-order valence-corrected chi connectivity index (χ0v) is 12.0. The molecular weight excluding hydrogens is 280 g/mol. The molecule has 0 fully saturated rings. The van der Waals surface area contributed by atoms with Crippen LogP contribution < -0.4 is 10.2 Å². The molecule has 0 spiro atoms. The Morgan fingerprint density at radius 3 is 3.09 bits per heavy atom. The van der Waals surface area contributed by atoms with Crippen molar-refractivity contribution in [3.8, 4) is 11.3 Å². The largest absolute Gasteiger partial charge is 0.358 e. The Labute approximate surface area is 126 Å². The highest BCUT2D eigenvalue weighted by Gasteiger charge is 2.25. The number of aromatic nitrogens is 4. The molecule has 7 nitrogen and oxygen atoms in total. The molecule has 1 aliphatic rings. The van der Waals surface area contributed by atoms with Crippen LogP contribution in [0.5, 0.6) is 0 Å². The summed E-state index contributed by atoms with van der Waals surface area (Å²) in [4.78, 5) is 22.6. The topological polar surface area (TPSA) is 86.8 Å². The molecule has 3 heterocycles. The van der Waals surface area contributed by atoms with Gasteiger partial charge in [0.2, 0.25) is 5.91 Å². The summed E-state index contributed by atoms with van der Waals surface area (Å²) >= 11 is 0. The van der Waals surface area contributed by atoms with Crippen LogP contribution >= 0.6 is 0 Å². The minimum atomic E-state index is 0.00506. The summed E-state index contributed by atoms with van der Waals surface area (Å²) in [6.45, 7) is 2.76. The molecule has 0 saturated carbocycles. The number of hydrogen-bond donors (Lipinski definition) is 2. The number of likely N-dealkylation sites (N-methyl/N-ethyl adjacent to an activating group) is 1. The second kappa shape index (κ2) is 4.80. The zero-order valence-electron chi connectivity index (χ0n) is 12.0. The molecule has 0 radical (unpaired) electrons. The van der Waals surface area contributed by atoms with Crippen LogP contribution in [0.4, 0.5) is 11.6 Å². The third-order valence-electron chi connectivity index (χ3n) is 3.77. The molecule has 1 aromatic carbocycles. The van der Waals surface area contributed by atoms with Gasteiger partial charge in [-0.05, 0) is 13.0 Å². The SMILES string of the molecule is CCN1C(=O)CNc2ncc(-c3ccc4cn[nH]c4c3)nc21. The third-order valence-corrected chi connectivity index (χ3v) is 3.77. The monoisotopic (exact) mass is 294 g/mol.